The van der Waals surface area contributed by atoms with Crippen LogP contribution in [0.25, 0.3) is 0 Å². The van der Waals surface area contributed by atoms with Gasteiger partial charge in [0.2, 0.25) is 0 Å². The first-order valence-electron chi connectivity index (χ1n) is 11.5. The fourth-order valence-corrected chi connectivity index (χ4v) is 5.52. The van der Waals surface area contributed by atoms with Gasteiger partial charge in [0, 0.05) is 5.71 Å². The van der Waals surface area contributed by atoms with Gasteiger partial charge in [-0.05, 0) is 67.5 Å². The molecule has 0 aliphatic carbocycles. The summed E-state index contributed by atoms with van der Waals surface area (Å²) in [4.78, 5) is 13.0. The fourth-order valence-electron chi connectivity index (χ4n) is 4.02. The van der Waals surface area contributed by atoms with Gasteiger partial charge in [0.1, 0.15) is 6.54 Å². The van der Waals surface area contributed by atoms with Crippen LogP contribution in [0.4, 0.5) is 5.69 Å². The first-order valence-corrected chi connectivity index (χ1v) is 13.0. The number of anilines is 1. The first-order chi connectivity index (χ1) is 16.5. The lowest BCUT2D eigenvalue weighted by Gasteiger charge is -2.26. The van der Waals surface area contributed by atoms with Gasteiger partial charge in [-0.3, -0.25) is 9.10 Å². The van der Waals surface area contributed by atoms with Gasteiger partial charge >= 0.3 is 0 Å². The molecule has 0 bridgehead atoms. The predicted molar refractivity (Wildman–Crippen MR) is 142 cm³/mol. The Hall–Kier alpha value is -3.45. The van der Waals surface area contributed by atoms with E-state index in [2.05, 4.69) is 36.5 Å². The minimum Gasteiger partial charge on any atom is -0.271 e. The van der Waals surface area contributed by atoms with E-state index in [1.54, 1.807) is 30.3 Å². The lowest BCUT2D eigenvalue weighted by atomic mass is 9.80. The van der Waals surface area contributed by atoms with Crippen molar-refractivity contribution in [2.24, 2.45) is 5.10 Å². The second-order valence-electron chi connectivity index (χ2n) is 9.35. The zero-order valence-corrected chi connectivity index (χ0v) is 21.8. The maximum atomic E-state index is 13.5. The molecule has 0 unspecified atom stereocenters. The van der Waals surface area contributed by atoms with Crippen LogP contribution in [-0.4, -0.2) is 26.6 Å². The molecule has 0 atom stereocenters. The van der Waals surface area contributed by atoms with E-state index in [-0.39, 0.29) is 16.9 Å². The second-order valence-corrected chi connectivity index (χ2v) is 11.2. The fraction of sp³-hybridized carbons (Fsp3) is 0.286. The maximum Gasteiger partial charge on any atom is 0.264 e. The third-order valence-electron chi connectivity index (χ3n) is 6.09. The molecule has 3 rings (SSSR count). The summed E-state index contributed by atoms with van der Waals surface area (Å²) in [6, 6.07) is 23.7. The van der Waals surface area contributed by atoms with Gasteiger partial charge in [-0.1, -0.05) is 74.5 Å². The van der Waals surface area contributed by atoms with Gasteiger partial charge in [-0.2, -0.15) is 5.10 Å². The molecule has 0 spiro atoms. The number of amides is 1. The average Bonchev–Trinajstić information content (AvgIpc) is 2.84. The van der Waals surface area contributed by atoms with E-state index < -0.39 is 15.9 Å². The van der Waals surface area contributed by atoms with Crippen molar-refractivity contribution >= 4 is 27.3 Å². The Morgan fingerprint density at radius 2 is 1.51 bits per heavy atom. The quantitative estimate of drug-likeness (QED) is 0.323. The molecule has 0 fully saturated rings. The molecule has 1 N–H and O–H groups in total. The zero-order valence-electron chi connectivity index (χ0n) is 20.9. The Balaban J connectivity index is 1.83. The van der Waals surface area contributed by atoms with Gasteiger partial charge in [-0.15, -0.1) is 0 Å². The third-order valence-corrected chi connectivity index (χ3v) is 7.86. The molecular formula is C28H33N3O3S. The zero-order chi connectivity index (χ0) is 25.6. The van der Waals surface area contributed by atoms with Crippen LogP contribution >= 0.6 is 0 Å². The van der Waals surface area contributed by atoms with Crippen molar-refractivity contribution in [3.05, 3.63) is 95.6 Å². The number of nitrogens with one attached hydrogen (secondary N) is 1. The summed E-state index contributed by atoms with van der Waals surface area (Å²) in [5, 5.41) is 4.27. The number of carbonyl (C=O) groups excluding carboxylic acids is 1. The summed E-state index contributed by atoms with van der Waals surface area (Å²) in [6.45, 7) is 9.47. The molecule has 7 heteroatoms. The minimum absolute atomic E-state index is 0.123. The predicted octanol–water partition coefficient (Wildman–Crippen LogP) is 5.36. The summed E-state index contributed by atoms with van der Waals surface area (Å²) < 4.78 is 28.2. The molecule has 35 heavy (non-hydrogen) atoms. The average molecular weight is 492 g/mol. The number of hydrogen-bond donors (Lipinski definition) is 1. The topological polar surface area (TPSA) is 78.8 Å². The van der Waals surface area contributed by atoms with Crippen LogP contribution in [0.5, 0.6) is 0 Å². The van der Waals surface area contributed by atoms with E-state index in [0.717, 1.165) is 21.1 Å². The summed E-state index contributed by atoms with van der Waals surface area (Å²) in [7, 11) is -3.97. The highest BCUT2D eigenvalue weighted by molar-refractivity contribution is 7.92. The standard InChI is InChI=1S/C28H33N3O3S/c1-21-13-12-18-26(23(21)3)31(35(33,34)25-16-10-7-11-17-25)20-27(32)30-29-22(2)19-28(4,5)24-14-8-6-9-15-24/h6-18H,19-20H2,1-5H3,(H,30,32)/b29-22-. The molecular weight excluding hydrogens is 458 g/mol. The van der Waals surface area contributed by atoms with E-state index >= 15 is 0 Å². The first kappa shape index (κ1) is 26.2. The van der Waals surface area contributed by atoms with Crippen LogP contribution < -0.4 is 9.73 Å². The van der Waals surface area contributed by atoms with E-state index in [1.807, 2.05) is 45.0 Å². The number of carbonyl (C=O) groups is 1. The molecule has 3 aromatic rings. The van der Waals surface area contributed by atoms with Crippen molar-refractivity contribution in [2.45, 2.75) is 51.3 Å². The number of rotatable bonds is 9. The normalized spacial score (nSPS) is 12.3. The Morgan fingerprint density at radius 3 is 2.14 bits per heavy atom. The lowest BCUT2D eigenvalue weighted by molar-refractivity contribution is -0.119. The Labute approximate surface area is 208 Å². The molecule has 1 amide bonds. The van der Waals surface area contributed by atoms with Crippen LogP contribution in [0.3, 0.4) is 0 Å². The molecule has 0 heterocycles. The maximum absolute atomic E-state index is 13.5. The molecule has 0 saturated heterocycles. The van der Waals surface area contributed by atoms with Crippen LogP contribution in [0.1, 0.15) is 43.9 Å². The Bertz CT molecular complexity index is 1300. The van der Waals surface area contributed by atoms with Crippen LogP contribution in [-0.2, 0) is 20.2 Å². The van der Waals surface area contributed by atoms with Crippen LogP contribution in [0, 0.1) is 13.8 Å². The number of hydrazone groups is 1. The number of nitrogens with zero attached hydrogens (tertiary/aromatic N) is 2. The molecule has 6 nitrogen and oxygen atoms in total. The van der Waals surface area contributed by atoms with Gasteiger partial charge in [0.25, 0.3) is 15.9 Å². The highest BCUT2D eigenvalue weighted by Gasteiger charge is 2.28. The highest BCUT2D eigenvalue weighted by Crippen LogP contribution is 2.29. The monoisotopic (exact) mass is 491 g/mol. The number of aryl methyl sites for hydroxylation is 1. The molecule has 0 aromatic heterocycles. The molecule has 0 radical (unpaired) electrons. The van der Waals surface area contributed by atoms with Crippen molar-refractivity contribution in [2.75, 3.05) is 10.8 Å². The summed E-state index contributed by atoms with van der Waals surface area (Å²) in [5.74, 6) is -0.512. The number of benzene rings is 3. The van der Waals surface area contributed by atoms with Crippen molar-refractivity contribution in [3.63, 3.8) is 0 Å². The van der Waals surface area contributed by atoms with Crippen molar-refractivity contribution in [1.82, 2.24) is 5.43 Å². The highest BCUT2D eigenvalue weighted by atomic mass is 32.2. The van der Waals surface area contributed by atoms with Crippen molar-refractivity contribution in [1.29, 1.82) is 0 Å². The molecule has 184 valence electrons. The van der Waals surface area contributed by atoms with Crippen molar-refractivity contribution < 1.29 is 13.2 Å². The summed E-state index contributed by atoms with van der Waals surface area (Å²) >= 11 is 0. The van der Waals surface area contributed by atoms with E-state index in [1.165, 1.54) is 17.7 Å². The minimum atomic E-state index is -3.97. The smallest absolute Gasteiger partial charge is 0.264 e. The molecule has 0 aliphatic rings. The second kappa shape index (κ2) is 10.9. The molecule has 3 aromatic carbocycles. The lowest BCUT2D eigenvalue weighted by Crippen LogP contribution is -2.40. The van der Waals surface area contributed by atoms with E-state index in [0.29, 0.717) is 12.1 Å². The van der Waals surface area contributed by atoms with Gasteiger partial charge in [0.05, 0.1) is 10.6 Å². The number of hydrogen-bond acceptors (Lipinski definition) is 4. The van der Waals surface area contributed by atoms with Crippen molar-refractivity contribution in [3.8, 4) is 0 Å². The molecule has 0 saturated carbocycles. The van der Waals surface area contributed by atoms with Gasteiger partial charge in [-0.25, -0.2) is 13.8 Å². The van der Waals surface area contributed by atoms with E-state index in [9.17, 15) is 13.2 Å². The third kappa shape index (κ3) is 6.36. The van der Waals surface area contributed by atoms with Gasteiger partial charge in [0.15, 0.2) is 0 Å². The van der Waals surface area contributed by atoms with E-state index in [4.69, 9.17) is 0 Å². The largest absolute Gasteiger partial charge is 0.271 e. The summed E-state index contributed by atoms with van der Waals surface area (Å²) in [5.41, 5.74) is 6.52. The number of sulfonamides is 1. The van der Waals surface area contributed by atoms with Crippen LogP contribution in [0.2, 0.25) is 0 Å². The summed E-state index contributed by atoms with van der Waals surface area (Å²) in [6.07, 6.45) is 0.639. The SMILES string of the molecule is C/C(CC(C)(C)c1ccccc1)=N/NC(=O)CN(c1cccc(C)c1C)S(=O)(=O)c1ccccc1. The Morgan fingerprint density at radius 1 is 0.914 bits per heavy atom. The molecule has 0 aliphatic heterocycles. The van der Waals surface area contributed by atoms with Crippen LogP contribution in [0.15, 0.2) is 88.9 Å². The van der Waals surface area contributed by atoms with Gasteiger partial charge < -0.3 is 0 Å². The Kier molecular flexibility index (Phi) is 8.12.